The zero-order valence-electron chi connectivity index (χ0n) is 9.71. The monoisotopic (exact) mass is 289 g/mol. The number of anilines is 1. The van der Waals surface area contributed by atoms with Crippen LogP contribution < -0.4 is 10.6 Å². The standard InChI is InChI=1S/C11H12FN3O3.ClH/c12-7-4-13-11(14-5-7)15-8-1-6(10(17)18)2-9(16)3-8;/h1-4,7,11,14-16H,5H2,(H,17,18);1H. The first-order valence-electron chi connectivity index (χ1n) is 5.29. The number of phenolic OH excluding ortho intramolecular Hbond substituents is 1. The first-order valence-corrected chi connectivity index (χ1v) is 5.29. The predicted molar refractivity (Wildman–Crippen MR) is 71.1 cm³/mol. The second kappa shape index (κ2) is 6.35. The van der Waals surface area contributed by atoms with Gasteiger partial charge in [-0.05, 0) is 12.1 Å². The van der Waals surface area contributed by atoms with E-state index < -0.39 is 18.4 Å². The van der Waals surface area contributed by atoms with Gasteiger partial charge in [0.05, 0.1) is 5.56 Å². The molecule has 8 heteroatoms. The molecule has 19 heavy (non-hydrogen) atoms. The maximum absolute atomic E-state index is 12.8. The number of nitrogens with zero attached hydrogens (tertiary/aromatic N) is 1. The Morgan fingerprint density at radius 2 is 2.21 bits per heavy atom. The van der Waals surface area contributed by atoms with Gasteiger partial charge in [0.15, 0.2) is 6.29 Å². The van der Waals surface area contributed by atoms with Crippen LogP contribution >= 0.6 is 12.4 Å². The van der Waals surface area contributed by atoms with E-state index in [1.54, 1.807) is 0 Å². The van der Waals surface area contributed by atoms with Crippen molar-refractivity contribution >= 4 is 30.3 Å². The van der Waals surface area contributed by atoms with Gasteiger partial charge >= 0.3 is 5.97 Å². The minimum Gasteiger partial charge on any atom is -0.508 e. The van der Waals surface area contributed by atoms with Crippen molar-refractivity contribution in [3.05, 3.63) is 23.8 Å². The molecule has 6 nitrogen and oxygen atoms in total. The van der Waals surface area contributed by atoms with Gasteiger partial charge in [-0.2, -0.15) is 0 Å². The highest BCUT2D eigenvalue weighted by Crippen LogP contribution is 2.20. The number of aromatic hydroxyl groups is 1. The average molecular weight is 290 g/mol. The van der Waals surface area contributed by atoms with Crippen molar-refractivity contribution in [2.75, 3.05) is 11.9 Å². The molecular weight excluding hydrogens is 277 g/mol. The average Bonchev–Trinajstić information content (AvgIpc) is 2.31. The third kappa shape index (κ3) is 4.08. The van der Waals surface area contributed by atoms with Gasteiger partial charge < -0.3 is 15.5 Å². The number of nitrogens with one attached hydrogen (secondary N) is 2. The molecule has 0 amide bonds. The van der Waals surface area contributed by atoms with Crippen molar-refractivity contribution in [3.8, 4) is 5.75 Å². The molecular formula is C11H13ClFN3O3. The Hall–Kier alpha value is -1.86. The quantitative estimate of drug-likeness (QED) is 0.671. The molecule has 4 N–H and O–H groups in total. The zero-order valence-corrected chi connectivity index (χ0v) is 10.5. The normalized spacial score (nSPS) is 21.5. The fourth-order valence-corrected chi connectivity index (χ4v) is 1.57. The van der Waals surface area contributed by atoms with Crippen molar-refractivity contribution in [1.29, 1.82) is 0 Å². The van der Waals surface area contributed by atoms with Gasteiger partial charge in [0, 0.05) is 24.5 Å². The molecule has 0 spiro atoms. The summed E-state index contributed by atoms with van der Waals surface area (Å²) in [5.41, 5.74) is 0.347. The van der Waals surface area contributed by atoms with E-state index in [0.717, 1.165) is 6.07 Å². The number of carboxylic acid groups (broad SMARTS) is 1. The van der Waals surface area contributed by atoms with Gasteiger partial charge in [0.25, 0.3) is 0 Å². The third-order valence-corrected chi connectivity index (χ3v) is 2.37. The zero-order chi connectivity index (χ0) is 13.1. The first-order chi connectivity index (χ1) is 8.54. The smallest absolute Gasteiger partial charge is 0.335 e. The largest absolute Gasteiger partial charge is 0.508 e. The molecule has 1 aliphatic heterocycles. The lowest BCUT2D eigenvalue weighted by Crippen LogP contribution is -2.42. The topological polar surface area (TPSA) is 94.0 Å². The van der Waals surface area contributed by atoms with Gasteiger partial charge in [-0.25, -0.2) is 9.18 Å². The number of carbonyl (C=O) groups is 1. The summed E-state index contributed by atoms with van der Waals surface area (Å²) in [6.45, 7) is 0.131. The Morgan fingerprint density at radius 3 is 2.79 bits per heavy atom. The van der Waals surface area contributed by atoms with E-state index in [1.807, 2.05) is 0 Å². The van der Waals surface area contributed by atoms with Crippen LogP contribution in [0, 0.1) is 0 Å². The predicted octanol–water partition coefficient (Wildman–Crippen LogP) is 1.22. The maximum atomic E-state index is 12.8. The van der Waals surface area contributed by atoms with Crippen molar-refractivity contribution in [1.82, 2.24) is 5.32 Å². The molecule has 2 atom stereocenters. The Bertz CT molecular complexity index is 498. The van der Waals surface area contributed by atoms with Crippen molar-refractivity contribution in [2.24, 2.45) is 4.99 Å². The summed E-state index contributed by atoms with van der Waals surface area (Å²) in [7, 11) is 0. The number of phenols is 1. The number of carboxylic acids is 1. The molecule has 1 aliphatic rings. The Morgan fingerprint density at radius 1 is 1.47 bits per heavy atom. The van der Waals surface area contributed by atoms with Gasteiger partial charge in [0.2, 0.25) is 0 Å². The summed E-state index contributed by atoms with van der Waals surface area (Å²) >= 11 is 0. The number of alkyl halides is 1. The van der Waals surface area contributed by atoms with E-state index in [-0.39, 0.29) is 30.3 Å². The Labute approximate surface area is 114 Å². The van der Waals surface area contributed by atoms with Crippen LogP contribution in [-0.2, 0) is 0 Å². The highest BCUT2D eigenvalue weighted by Gasteiger charge is 2.15. The summed E-state index contributed by atoms with van der Waals surface area (Å²) in [4.78, 5) is 14.7. The molecule has 0 bridgehead atoms. The molecule has 0 saturated heterocycles. The van der Waals surface area contributed by atoms with Gasteiger partial charge in [0.1, 0.15) is 11.9 Å². The fourth-order valence-electron chi connectivity index (χ4n) is 1.57. The van der Waals surface area contributed by atoms with Gasteiger partial charge in [-0.3, -0.25) is 10.3 Å². The molecule has 0 saturated carbocycles. The summed E-state index contributed by atoms with van der Waals surface area (Å²) in [6.07, 6.45) is -0.489. The lowest BCUT2D eigenvalue weighted by Gasteiger charge is -2.22. The highest BCUT2D eigenvalue weighted by molar-refractivity contribution is 5.89. The highest BCUT2D eigenvalue weighted by atomic mass is 35.5. The fraction of sp³-hybridized carbons (Fsp3) is 0.273. The number of halogens is 2. The van der Waals surface area contributed by atoms with E-state index >= 15 is 0 Å². The molecule has 2 unspecified atom stereocenters. The summed E-state index contributed by atoms with van der Waals surface area (Å²) in [5.74, 6) is -1.31. The summed E-state index contributed by atoms with van der Waals surface area (Å²) < 4.78 is 12.8. The number of hydrogen-bond acceptors (Lipinski definition) is 5. The molecule has 104 valence electrons. The van der Waals surface area contributed by atoms with Crippen LogP contribution in [0.25, 0.3) is 0 Å². The lowest BCUT2D eigenvalue weighted by molar-refractivity contribution is 0.0696. The minimum absolute atomic E-state index is 0. The van der Waals surface area contributed by atoms with E-state index in [9.17, 15) is 14.3 Å². The Kier molecular flexibility index (Phi) is 5.08. The number of benzene rings is 1. The van der Waals surface area contributed by atoms with E-state index in [0.29, 0.717) is 5.69 Å². The number of rotatable bonds is 3. The Balaban J connectivity index is 0.00000180. The van der Waals surface area contributed by atoms with Crippen LogP contribution in [0.2, 0.25) is 0 Å². The molecule has 0 fully saturated rings. The van der Waals surface area contributed by atoms with Crippen LogP contribution in [0.5, 0.6) is 5.75 Å². The van der Waals surface area contributed by atoms with E-state index in [4.69, 9.17) is 5.11 Å². The van der Waals surface area contributed by atoms with E-state index in [1.165, 1.54) is 18.3 Å². The van der Waals surface area contributed by atoms with Crippen LogP contribution in [-0.4, -0.2) is 41.4 Å². The summed E-state index contributed by atoms with van der Waals surface area (Å²) in [5, 5.41) is 23.8. The first kappa shape index (κ1) is 15.2. The van der Waals surface area contributed by atoms with Gasteiger partial charge in [-0.1, -0.05) is 0 Å². The third-order valence-electron chi connectivity index (χ3n) is 2.37. The lowest BCUT2D eigenvalue weighted by atomic mass is 10.2. The van der Waals surface area contributed by atoms with Crippen LogP contribution in [0.1, 0.15) is 10.4 Å². The number of hydrogen-bond donors (Lipinski definition) is 4. The van der Waals surface area contributed by atoms with Crippen molar-refractivity contribution < 1.29 is 19.4 Å². The molecule has 1 aromatic rings. The van der Waals surface area contributed by atoms with Crippen LogP contribution in [0.15, 0.2) is 23.2 Å². The molecule has 1 heterocycles. The molecule has 2 rings (SSSR count). The van der Waals surface area contributed by atoms with Crippen LogP contribution in [0.4, 0.5) is 10.1 Å². The van der Waals surface area contributed by atoms with Gasteiger partial charge in [-0.15, -0.1) is 12.4 Å². The molecule has 0 radical (unpaired) electrons. The van der Waals surface area contributed by atoms with Crippen LogP contribution in [0.3, 0.4) is 0 Å². The number of aliphatic imine (C=N–C) groups is 1. The SMILES string of the molecule is Cl.O=C(O)c1cc(O)cc(NC2N=CC(F)CN2)c1. The second-order valence-electron chi connectivity index (χ2n) is 3.84. The second-order valence-corrected chi connectivity index (χ2v) is 3.84. The van der Waals surface area contributed by atoms with E-state index in [2.05, 4.69) is 15.6 Å². The number of aromatic carboxylic acids is 1. The maximum Gasteiger partial charge on any atom is 0.335 e. The van der Waals surface area contributed by atoms with Crippen molar-refractivity contribution in [2.45, 2.75) is 12.5 Å². The molecule has 0 aromatic heterocycles. The van der Waals surface area contributed by atoms with Crippen molar-refractivity contribution in [3.63, 3.8) is 0 Å². The minimum atomic E-state index is -1.14. The molecule has 0 aliphatic carbocycles. The molecule has 1 aromatic carbocycles. The summed E-state index contributed by atoms with van der Waals surface area (Å²) in [6, 6.07) is 3.87.